The molecule has 0 radical (unpaired) electrons. The zero-order valence-electron chi connectivity index (χ0n) is 13.5. The number of carbonyl (C=O) groups is 1. The Balaban J connectivity index is 1.49. The Bertz CT molecular complexity index is 632. The first kappa shape index (κ1) is 15.4. The van der Waals surface area contributed by atoms with E-state index in [-0.39, 0.29) is 11.3 Å². The number of amides is 1. The van der Waals surface area contributed by atoms with Gasteiger partial charge in [-0.1, -0.05) is 22.0 Å². The van der Waals surface area contributed by atoms with E-state index in [1.165, 1.54) is 38.5 Å². The Morgan fingerprint density at radius 1 is 1.17 bits per heavy atom. The topological polar surface area (TPSA) is 41.5 Å². The average Bonchev–Trinajstić information content (AvgIpc) is 2.51. The summed E-state index contributed by atoms with van der Waals surface area (Å²) in [6.07, 6.45) is 8.12. The van der Waals surface area contributed by atoms with Crippen LogP contribution in [-0.2, 0) is 0 Å². The van der Waals surface area contributed by atoms with E-state index in [9.17, 15) is 4.79 Å². The highest BCUT2D eigenvalue weighted by Crippen LogP contribution is 2.60. The van der Waals surface area contributed by atoms with Crippen LogP contribution in [0.25, 0.3) is 0 Å². The lowest BCUT2D eigenvalue weighted by Gasteiger charge is -2.56. The lowest BCUT2D eigenvalue weighted by molar-refractivity contribution is -0.0128. The normalized spacial score (nSPS) is 35.4. The van der Waals surface area contributed by atoms with Gasteiger partial charge in [-0.3, -0.25) is 4.79 Å². The van der Waals surface area contributed by atoms with Crippen molar-refractivity contribution < 1.29 is 4.79 Å². The number of rotatable bonds is 3. The number of carbonyl (C=O) groups excluding carboxylic acids is 1. The minimum Gasteiger partial charge on any atom is -0.267 e. The molecule has 1 amide bonds. The van der Waals surface area contributed by atoms with E-state index in [1.807, 2.05) is 24.3 Å². The van der Waals surface area contributed by atoms with Gasteiger partial charge in [0.05, 0.1) is 0 Å². The number of hydrazone groups is 1. The van der Waals surface area contributed by atoms with Gasteiger partial charge in [-0.15, -0.1) is 0 Å². The Morgan fingerprint density at radius 2 is 1.78 bits per heavy atom. The summed E-state index contributed by atoms with van der Waals surface area (Å²) in [7, 11) is 0. The maximum atomic E-state index is 12.3. The summed E-state index contributed by atoms with van der Waals surface area (Å²) >= 11 is 3.40. The second kappa shape index (κ2) is 5.73. The fourth-order valence-electron chi connectivity index (χ4n) is 5.50. The van der Waals surface area contributed by atoms with Gasteiger partial charge in [0.25, 0.3) is 5.91 Å². The lowest BCUT2D eigenvalue weighted by Crippen LogP contribution is -2.49. The second-order valence-electron chi connectivity index (χ2n) is 7.85. The van der Waals surface area contributed by atoms with E-state index < -0.39 is 0 Å². The minimum absolute atomic E-state index is 0.129. The number of benzene rings is 1. The van der Waals surface area contributed by atoms with Crippen molar-refractivity contribution in [2.75, 3.05) is 0 Å². The molecular formula is C19H23BrN2O. The molecule has 23 heavy (non-hydrogen) atoms. The summed E-state index contributed by atoms with van der Waals surface area (Å²) in [5.41, 5.74) is 4.82. The molecule has 0 spiro atoms. The highest BCUT2D eigenvalue weighted by molar-refractivity contribution is 9.10. The van der Waals surface area contributed by atoms with Crippen LogP contribution in [0.1, 0.15) is 55.8 Å². The van der Waals surface area contributed by atoms with Crippen LogP contribution < -0.4 is 5.43 Å². The molecule has 4 bridgehead atoms. The van der Waals surface area contributed by atoms with Gasteiger partial charge in [0, 0.05) is 21.2 Å². The maximum Gasteiger partial charge on any atom is 0.271 e. The monoisotopic (exact) mass is 374 g/mol. The van der Waals surface area contributed by atoms with Crippen molar-refractivity contribution in [3.63, 3.8) is 0 Å². The molecule has 0 saturated heterocycles. The van der Waals surface area contributed by atoms with Crippen molar-refractivity contribution >= 4 is 27.5 Å². The number of nitrogens with one attached hydrogen (secondary N) is 1. The van der Waals surface area contributed by atoms with Gasteiger partial charge in [0.2, 0.25) is 0 Å². The van der Waals surface area contributed by atoms with Gasteiger partial charge in [-0.05, 0) is 81.4 Å². The van der Waals surface area contributed by atoms with Crippen LogP contribution >= 0.6 is 15.9 Å². The Labute approximate surface area is 146 Å². The molecule has 4 aliphatic carbocycles. The summed E-state index contributed by atoms with van der Waals surface area (Å²) in [5.74, 6) is 2.56. The fraction of sp³-hybridized carbons (Fsp3) is 0.579. The molecule has 1 N–H and O–H groups in total. The van der Waals surface area contributed by atoms with E-state index in [0.29, 0.717) is 5.56 Å². The second-order valence-corrected chi connectivity index (χ2v) is 8.76. The molecule has 4 heteroatoms. The highest BCUT2D eigenvalue weighted by Gasteiger charge is 2.52. The molecule has 1 aromatic carbocycles. The zero-order valence-corrected chi connectivity index (χ0v) is 15.1. The summed E-state index contributed by atoms with van der Waals surface area (Å²) in [6.45, 7) is 2.12. The van der Waals surface area contributed by atoms with Crippen LogP contribution in [0.15, 0.2) is 33.8 Å². The first-order chi connectivity index (χ1) is 11.0. The molecule has 1 aromatic rings. The number of nitrogens with zero attached hydrogens (tertiary/aromatic N) is 1. The fourth-order valence-corrected chi connectivity index (χ4v) is 5.90. The van der Waals surface area contributed by atoms with Gasteiger partial charge < -0.3 is 0 Å². The van der Waals surface area contributed by atoms with E-state index >= 15 is 0 Å². The minimum atomic E-state index is -0.129. The molecule has 4 fully saturated rings. The van der Waals surface area contributed by atoms with Crippen LogP contribution in [-0.4, -0.2) is 11.6 Å². The molecule has 0 heterocycles. The molecule has 0 aliphatic heterocycles. The van der Waals surface area contributed by atoms with E-state index in [1.54, 1.807) is 0 Å². The number of hydrogen-bond acceptors (Lipinski definition) is 2. The molecule has 122 valence electrons. The van der Waals surface area contributed by atoms with Crippen molar-refractivity contribution in [2.45, 2.75) is 45.4 Å². The van der Waals surface area contributed by atoms with Gasteiger partial charge in [0.1, 0.15) is 0 Å². The summed E-state index contributed by atoms with van der Waals surface area (Å²) in [4.78, 5) is 12.3. The summed E-state index contributed by atoms with van der Waals surface area (Å²) in [5, 5.41) is 4.52. The average molecular weight is 375 g/mol. The van der Waals surface area contributed by atoms with Crippen LogP contribution in [0.4, 0.5) is 0 Å². The van der Waals surface area contributed by atoms with Crippen LogP contribution in [0.2, 0.25) is 0 Å². The molecule has 0 aromatic heterocycles. The molecule has 0 atom stereocenters. The predicted molar refractivity (Wildman–Crippen MR) is 95.3 cm³/mol. The van der Waals surface area contributed by atoms with E-state index in [0.717, 1.165) is 27.9 Å². The summed E-state index contributed by atoms with van der Waals surface area (Å²) in [6, 6.07) is 7.43. The highest BCUT2D eigenvalue weighted by atomic mass is 79.9. The van der Waals surface area contributed by atoms with Crippen molar-refractivity contribution in [3.05, 3.63) is 34.3 Å². The number of halogens is 1. The quantitative estimate of drug-likeness (QED) is 0.600. The maximum absolute atomic E-state index is 12.3. The van der Waals surface area contributed by atoms with E-state index in [2.05, 4.69) is 33.4 Å². The largest absolute Gasteiger partial charge is 0.271 e. The lowest BCUT2D eigenvalue weighted by atomic mass is 9.48. The van der Waals surface area contributed by atoms with Crippen molar-refractivity contribution in [2.24, 2.45) is 28.3 Å². The SMILES string of the molecule is C/C(=N/NC(=O)c1cccc(Br)c1)C12CC3CC(CC(C3)C1)C2. The van der Waals surface area contributed by atoms with Crippen LogP contribution in [0.3, 0.4) is 0 Å². The Hall–Kier alpha value is -1.16. The third kappa shape index (κ3) is 2.86. The molecular weight excluding hydrogens is 352 g/mol. The molecule has 0 unspecified atom stereocenters. The predicted octanol–water partition coefficient (Wildman–Crippen LogP) is 4.77. The van der Waals surface area contributed by atoms with Gasteiger partial charge in [0.15, 0.2) is 0 Å². The number of hydrogen-bond donors (Lipinski definition) is 1. The molecule has 4 aliphatic rings. The summed E-state index contributed by atoms with van der Waals surface area (Å²) < 4.78 is 0.909. The van der Waals surface area contributed by atoms with Gasteiger partial charge in [-0.25, -0.2) is 5.43 Å². The smallest absolute Gasteiger partial charge is 0.267 e. The van der Waals surface area contributed by atoms with Crippen LogP contribution in [0.5, 0.6) is 0 Å². The third-order valence-corrected chi connectivity index (χ3v) is 6.71. The van der Waals surface area contributed by atoms with Gasteiger partial charge in [-0.2, -0.15) is 5.10 Å². The Kier molecular flexibility index (Phi) is 3.83. The van der Waals surface area contributed by atoms with Gasteiger partial charge >= 0.3 is 0 Å². The van der Waals surface area contributed by atoms with Crippen LogP contribution in [0, 0.1) is 23.2 Å². The van der Waals surface area contributed by atoms with E-state index in [4.69, 9.17) is 0 Å². The first-order valence-corrected chi connectivity index (χ1v) is 9.44. The zero-order chi connectivity index (χ0) is 16.0. The first-order valence-electron chi connectivity index (χ1n) is 8.65. The van der Waals surface area contributed by atoms with Crippen molar-refractivity contribution in [1.29, 1.82) is 0 Å². The Morgan fingerprint density at radius 3 is 2.35 bits per heavy atom. The molecule has 4 saturated carbocycles. The van der Waals surface area contributed by atoms with Crippen molar-refractivity contribution in [3.8, 4) is 0 Å². The molecule has 5 rings (SSSR count). The molecule has 3 nitrogen and oxygen atoms in total. The third-order valence-electron chi connectivity index (χ3n) is 6.22. The van der Waals surface area contributed by atoms with Crippen molar-refractivity contribution in [1.82, 2.24) is 5.43 Å². The standard InChI is InChI=1S/C19H23BrN2O/c1-12(21-22-18(23)16-3-2-4-17(20)8-16)19-9-13-5-14(10-19)7-15(6-13)11-19/h2-4,8,13-15H,5-7,9-11H2,1H3,(H,22,23)/b21-12-.